The number of methoxy groups -OCH3 is 1. The Bertz CT molecular complexity index is 1640. The molecule has 4 aliphatic heterocycles. The first-order valence-electron chi connectivity index (χ1n) is 14.4. The molecular formula is C31H31F2N3O9. The predicted octanol–water partition coefficient (Wildman–Crippen LogP) is 4.37. The van der Waals surface area contributed by atoms with Gasteiger partial charge in [-0.3, -0.25) is 4.79 Å². The van der Waals surface area contributed by atoms with E-state index in [-0.39, 0.29) is 42.5 Å². The van der Waals surface area contributed by atoms with E-state index in [1.54, 1.807) is 38.3 Å². The molecule has 1 aromatic heterocycles. The van der Waals surface area contributed by atoms with E-state index in [1.807, 2.05) is 19.9 Å². The number of nitrogens with one attached hydrogen (secondary N) is 1. The fraction of sp³-hybridized carbons (Fsp3) is 0.452. The van der Waals surface area contributed by atoms with Gasteiger partial charge in [-0.05, 0) is 45.0 Å². The minimum Gasteiger partial charge on any atom is -0.497 e. The average molecular weight is 628 g/mol. The highest BCUT2D eigenvalue weighted by Crippen LogP contribution is 2.50. The quantitative estimate of drug-likeness (QED) is 0.401. The lowest BCUT2D eigenvalue weighted by molar-refractivity contribution is -0.286. The largest absolute Gasteiger partial charge is 0.586 e. The molecule has 2 aromatic carbocycles. The van der Waals surface area contributed by atoms with Crippen molar-refractivity contribution in [1.29, 1.82) is 0 Å². The standard InChI is InChI=1S/C31H31F2N3O9/c1-29(2)41-14-17(43-29)13-39-27-8-7-20(35-36-27)24-11-21(18-6-5-16(38-4)9-22(18)42-24)34-28(37)30(3)15-40-23-12-26-25(10-19(23)30)44-31(32,33)45-26/h5-10,12,17,21,24H,11,13-15H2,1-4H3,(H,34,37)/t17-,21-,24+,30?/m1/s1. The second-order valence-electron chi connectivity index (χ2n) is 11.9. The number of carbonyl (C=O) groups excluding carboxylic acids is 1. The number of rotatable bonds is 7. The molecule has 0 aliphatic carbocycles. The Hall–Kier alpha value is -4.43. The molecule has 0 bridgehead atoms. The number of benzene rings is 2. The first-order valence-corrected chi connectivity index (χ1v) is 14.4. The summed E-state index contributed by atoms with van der Waals surface area (Å²) >= 11 is 0. The molecule has 238 valence electrons. The second kappa shape index (κ2) is 10.6. The Morgan fingerprint density at radius 2 is 1.82 bits per heavy atom. The number of hydrogen-bond donors (Lipinski definition) is 1. The van der Waals surface area contributed by atoms with Gasteiger partial charge < -0.3 is 43.2 Å². The van der Waals surface area contributed by atoms with E-state index in [2.05, 4.69) is 25.0 Å². The number of aromatic nitrogens is 2. The monoisotopic (exact) mass is 627 g/mol. The van der Waals surface area contributed by atoms with Gasteiger partial charge in [-0.2, -0.15) is 0 Å². The third-order valence-electron chi connectivity index (χ3n) is 8.21. The maximum Gasteiger partial charge on any atom is 0.586 e. The number of fused-ring (bicyclic) bond motifs is 3. The molecule has 1 N–H and O–H groups in total. The predicted molar refractivity (Wildman–Crippen MR) is 150 cm³/mol. The van der Waals surface area contributed by atoms with E-state index in [4.69, 9.17) is 28.4 Å². The van der Waals surface area contributed by atoms with Gasteiger partial charge in [-0.25, -0.2) is 0 Å². The lowest BCUT2D eigenvalue weighted by atomic mass is 9.82. The Morgan fingerprint density at radius 1 is 1.02 bits per heavy atom. The van der Waals surface area contributed by atoms with Crippen molar-refractivity contribution in [3.8, 4) is 34.6 Å². The van der Waals surface area contributed by atoms with Gasteiger partial charge in [0.05, 0.1) is 19.8 Å². The van der Waals surface area contributed by atoms with Crippen LogP contribution in [-0.4, -0.2) is 61.2 Å². The molecule has 1 fully saturated rings. The summed E-state index contributed by atoms with van der Waals surface area (Å²) in [6, 6.07) is 11.0. The topological polar surface area (TPSA) is 129 Å². The molecule has 1 saturated heterocycles. The number of carbonyl (C=O) groups is 1. The van der Waals surface area contributed by atoms with Crippen molar-refractivity contribution in [2.45, 2.75) is 62.9 Å². The van der Waals surface area contributed by atoms with Gasteiger partial charge >= 0.3 is 6.29 Å². The van der Waals surface area contributed by atoms with E-state index >= 15 is 0 Å². The molecule has 1 amide bonds. The van der Waals surface area contributed by atoms with Gasteiger partial charge in [0.15, 0.2) is 17.3 Å². The molecule has 5 heterocycles. The summed E-state index contributed by atoms with van der Waals surface area (Å²) in [6.07, 6.45) is -4.25. The van der Waals surface area contributed by atoms with Crippen molar-refractivity contribution in [2.75, 3.05) is 26.9 Å². The summed E-state index contributed by atoms with van der Waals surface area (Å²) in [6.45, 7) is 6.05. The minimum absolute atomic E-state index is 0.00196. The molecule has 3 aromatic rings. The third kappa shape index (κ3) is 5.52. The first kappa shape index (κ1) is 29.3. The smallest absolute Gasteiger partial charge is 0.497 e. The second-order valence-corrected chi connectivity index (χ2v) is 11.9. The van der Waals surface area contributed by atoms with E-state index in [9.17, 15) is 13.6 Å². The van der Waals surface area contributed by atoms with Gasteiger partial charge in [-0.1, -0.05) is 0 Å². The van der Waals surface area contributed by atoms with E-state index in [0.717, 1.165) is 5.56 Å². The van der Waals surface area contributed by atoms with Gasteiger partial charge in [0.2, 0.25) is 11.8 Å². The molecule has 0 spiro atoms. The number of amides is 1. The molecule has 0 saturated carbocycles. The van der Waals surface area contributed by atoms with Crippen LogP contribution in [-0.2, 0) is 19.7 Å². The van der Waals surface area contributed by atoms with Gasteiger partial charge in [0.25, 0.3) is 0 Å². The SMILES string of the molecule is COc1ccc2c(c1)O[C@H](c1ccc(OC[C@@H]3COC(C)(C)O3)nn1)C[C@H]2NC(=O)C1(C)COc2cc3c(cc21)OC(F)(F)O3. The summed E-state index contributed by atoms with van der Waals surface area (Å²) in [5, 5.41) is 11.7. The Labute approximate surface area is 256 Å². The van der Waals surface area contributed by atoms with E-state index in [1.165, 1.54) is 12.1 Å². The van der Waals surface area contributed by atoms with Gasteiger partial charge in [-0.15, -0.1) is 19.0 Å². The number of ether oxygens (including phenoxy) is 8. The summed E-state index contributed by atoms with van der Waals surface area (Å²) < 4.78 is 71.1. The summed E-state index contributed by atoms with van der Waals surface area (Å²) in [5.74, 6) is 0.352. The highest BCUT2D eigenvalue weighted by atomic mass is 19.3. The van der Waals surface area contributed by atoms with Crippen molar-refractivity contribution in [2.24, 2.45) is 0 Å². The van der Waals surface area contributed by atoms with Crippen LogP contribution >= 0.6 is 0 Å². The van der Waals surface area contributed by atoms with E-state index in [0.29, 0.717) is 41.7 Å². The van der Waals surface area contributed by atoms with Gasteiger partial charge in [0.1, 0.15) is 53.8 Å². The molecule has 7 rings (SSSR count). The van der Waals surface area contributed by atoms with Crippen LogP contribution in [0.2, 0.25) is 0 Å². The van der Waals surface area contributed by atoms with Gasteiger partial charge in [0, 0.05) is 35.7 Å². The summed E-state index contributed by atoms with van der Waals surface area (Å²) in [4.78, 5) is 13.9. The highest BCUT2D eigenvalue weighted by Gasteiger charge is 2.49. The Morgan fingerprint density at radius 3 is 2.53 bits per heavy atom. The summed E-state index contributed by atoms with van der Waals surface area (Å²) in [7, 11) is 1.55. The van der Waals surface area contributed by atoms with Crippen molar-refractivity contribution >= 4 is 5.91 Å². The first-order chi connectivity index (χ1) is 21.4. The van der Waals surface area contributed by atoms with E-state index < -0.39 is 29.6 Å². The van der Waals surface area contributed by atoms with Crippen LogP contribution in [0.3, 0.4) is 0 Å². The zero-order valence-electron chi connectivity index (χ0n) is 24.9. The van der Waals surface area contributed by atoms with Crippen LogP contribution in [0.5, 0.6) is 34.6 Å². The average Bonchev–Trinajstić information content (AvgIpc) is 3.64. The zero-order chi connectivity index (χ0) is 31.6. The molecule has 4 atom stereocenters. The number of nitrogens with zero attached hydrogens (tertiary/aromatic N) is 2. The van der Waals surface area contributed by atoms with Crippen molar-refractivity contribution in [1.82, 2.24) is 15.5 Å². The number of hydrogen-bond acceptors (Lipinski definition) is 11. The van der Waals surface area contributed by atoms with Crippen molar-refractivity contribution in [3.05, 3.63) is 59.3 Å². The van der Waals surface area contributed by atoms with Crippen LogP contribution in [0.15, 0.2) is 42.5 Å². The third-order valence-corrected chi connectivity index (χ3v) is 8.21. The van der Waals surface area contributed by atoms with Crippen molar-refractivity contribution in [3.63, 3.8) is 0 Å². The lowest BCUT2D eigenvalue weighted by Crippen LogP contribution is -2.46. The van der Waals surface area contributed by atoms with Crippen LogP contribution < -0.4 is 33.7 Å². The lowest BCUT2D eigenvalue weighted by Gasteiger charge is -2.34. The van der Waals surface area contributed by atoms with Crippen LogP contribution in [0.1, 0.15) is 56.2 Å². The fourth-order valence-corrected chi connectivity index (χ4v) is 5.83. The van der Waals surface area contributed by atoms with Crippen molar-refractivity contribution < 1.29 is 51.5 Å². The highest BCUT2D eigenvalue weighted by molar-refractivity contribution is 5.90. The maximum atomic E-state index is 13.9. The number of halogens is 2. The minimum atomic E-state index is -3.79. The molecule has 0 radical (unpaired) electrons. The van der Waals surface area contributed by atoms with Crippen LogP contribution in [0, 0.1) is 0 Å². The molecule has 1 unspecified atom stereocenters. The Kier molecular flexibility index (Phi) is 6.89. The number of alkyl halides is 2. The summed E-state index contributed by atoms with van der Waals surface area (Å²) in [5.41, 5.74) is 0.487. The Balaban J connectivity index is 1.10. The van der Waals surface area contributed by atoms with Crippen LogP contribution in [0.4, 0.5) is 8.78 Å². The molecular weight excluding hydrogens is 596 g/mol. The zero-order valence-corrected chi connectivity index (χ0v) is 24.9. The molecule has 14 heteroatoms. The normalized spacial score (nSPS) is 26.7. The van der Waals surface area contributed by atoms with Crippen LogP contribution in [0.25, 0.3) is 0 Å². The molecule has 45 heavy (non-hydrogen) atoms. The molecule has 12 nitrogen and oxygen atoms in total. The fourth-order valence-electron chi connectivity index (χ4n) is 5.83. The molecule has 4 aliphatic rings. The maximum absolute atomic E-state index is 13.9.